The first kappa shape index (κ1) is 21.7. The van der Waals surface area contributed by atoms with E-state index in [9.17, 15) is 19.8 Å². The predicted molar refractivity (Wildman–Crippen MR) is 124 cm³/mol. The van der Waals surface area contributed by atoms with Gasteiger partial charge < -0.3 is 15.5 Å². The number of benzene rings is 3. The normalized spacial score (nSPS) is 11.9. The molecule has 3 N–H and O–H groups in total. The van der Waals surface area contributed by atoms with E-state index in [1.807, 2.05) is 30.5 Å². The molecule has 1 heterocycles. The number of nitrogens with one attached hydrogen (secondary N) is 1. The van der Waals surface area contributed by atoms with Gasteiger partial charge in [0.15, 0.2) is 0 Å². The molecule has 162 valence electrons. The van der Waals surface area contributed by atoms with Crippen molar-refractivity contribution in [2.45, 2.75) is 12.5 Å². The number of nitrogens with zero attached hydrogens (tertiary/aromatic N) is 1. The number of hydrogen-bond donors (Lipinski definition) is 3. The van der Waals surface area contributed by atoms with Crippen molar-refractivity contribution in [3.63, 3.8) is 0 Å². The quantitative estimate of drug-likeness (QED) is 0.368. The Bertz CT molecular complexity index is 1300. The number of aliphatic carboxylic acids is 1. The molecular formula is C24H18Cl2N2O4. The largest absolute Gasteiger partial charge is 0.494 e. The number of carbonyl (C=O) groups excluding carboxylic acids is 1. The van der Waals surface area contributed by atoms with Crippen molar-refractivity contribution in [2.24, 2.45) is 0 Å². The Balaban J connectivity index is 1.53. The summed E-state index contributed by atoms with van der Waals surface area (Å²) in [6.45, 7) is 0. The highest BCUT2D eigenvalue weighted by atomic mass is 35.5. The van der Waals surface area contributed by atoms with Gasteiger partial charge >= 0.3 is 5.97 Å². The highest BCUT2D eigenvalue weighted by molar-refractivity contribution is 6.39. The van der Waals surface area contributed by atoms with Crippen LogP contribution in [0.25, 0.3) is 16.5 Å². The Hall–Kier alpha value is -3.48. The van der Waals surface area contributed by atoms with Crippen LogP contribution in [0.3, 0.4) is 0 Å². The second-order valence-corrected chi connectivity index (χ2v) is 8.06. The van der Waals surface area contributed by atoms with Crippen LogP contribution in [-0.4, -0.2) is 32.7 Å². The van der Waals surface area contributed by atoms with Gasteiger partial charge in [-0.25, -0.2) is 4.79 Å². The van der Waals surface area contributed by atoms with E-state index < -0.39 is 17.9 Å². The van der Waals surface area contributed by atoms with Gasteiger partial charge in [0.2, 0.25) is 5.88 Å². The van der Waals surface area contributed by atoms with Crippen molar-refractivity contribution in [3.8, 4) is 11.6 Å². The molecule has 0 fully saturated rings. The first-order chi connectivity index (χ1) is 15.3. The number of hydrogen-bond acceptors (Lipinski definition) is 3. The summed E-state index contributed by atoms with van der Waals surface area (Å²) in [4.78, 5) is 24.3. The number of rotatable bonds is 6. The SMILES string of the molecule is O=C(N[C@@H](Cc1ccc(-n2cc3ccccc3c2O)cc1)C(=O)O)c1c(Cl)cccc1Cl. The Labute approximate surface area is 193 Å². The van der Waals surface area contributed by atoms with E-state index >= 15 is 0 Å². The molecule has 0 spiro atoms. The first-order valence-electron chi connectivity index (χ1n) is 9.71. The number of fused-ring (bicyclic) bond motifs is 1. The van der Waals surface area contributed by atoms with Gasteiger partial charge in [0.1, 0.15) is 6.04 Å². The summed E-state index contributed by atoms with van der Waals surface area (Å²) in [7, 11) is 0. The average Bonchev–Trinajstić information content (AvgIpc) is 3.10. The van der Waals surface area contributed by atoms with Crippen LogP contribution in [0.1, 0.15) is 15.9 Å². The van der Waals surface area contributed by atoms with E-state index in [1.54, 1.807) is 34.9 Å². The summed E-state index contributed by atoms with van der Waals surface area (Å²) in [6.07, 6.45) is 1.89. The van der Waals surface area contributed by atoms with Gasteiger partial charge in [0, 0.05) is 29.1 Å². The summed E-state index contributed by atoms with van der Waals surface area (Å²) in [6, 6.07) is 18.0. The molecular weight excluding hydrogens is 451 g/mol. The van der Waals surface area contributed by atoms with Gasteiger partial charge in [0.25, 0.3) is 5.91 Å². The molecule has 1 aromatic heterocycles. The maximum atomic E-state index is 12.6. The zero-order chi connectivity index (χ0) is 22.8. The molecule has 0 saturated carbocycles. The van der Waals surface area contributed by atoms with Crippen molar-refractivity contribution >= 4 is 45.9 Å². The number of carboxylic acids is 1. The van der Waals surface area contributed by atoms with E-state index in [0.717, 1.165) is 16.5 Å². The first-order valence-corrected chi connectivity index (χ1v) is 10.5. The third kappa shape index (κ3) is 4.28. The third-order valence-corrected chi connectivity index (χ3v) is 5.78. The number of carboxylic acid groups (broad SMARTS) is 1. The van der Waals surface area contributed by atoms with Crippen LogP contribution < -0.4 is 5.32 Å². The van der Waals surface area contributed by atoms with Crippen molar-refractivity contribution in [2.75, 3.05) is 0 Å². The van der Waals surface area contributed by atoms with Gasteiger partial charge in [-0.2, -0.15) is 0 Å². The maximum absolute atomic E-state index is 12.6. The lowest BCUT2D eigenvalue weighted by Gasteiger charge is -2.16. The van der Waals surface area contributed by atoms with Crippen LogP contribution in [0.15, 0.2) is 72.9 Å². The summed E-state index contributed by atoms with van der Waals surface area (Å²) >= 11 is 12.1. The molecule has 4 aromatic rings. The Morgan fingerprint density at radius 2 is 1.59 bits per heavy atom. The van der Waals surface area contributed by atoms with Crippen LogP contribution in [0, 0.1) is 0 Å². The smallest absolute Gasteiger partial charge is 0.326 e. The molecule has 0 aliphatic carbocycles. The number of amides is 1. The summed E-state index contributed by atoms with van der Waals surface area (Å²) in [5.41, 5.74) is 1.46. The van der Waals surface area contributed by atoms with Gasteiger partial charge in [-0.05, 0) is 35.9 Å². The molecule has 0 aliphatic rings. The molecule has 1 amide bonds. The summed E-state index contributed by atoms with van der Waals surface area (Å²) < 4.78 is 1.66. The summed E-state index contributed by atoms with van der Waals surface area (Å²) in [5, 5.41) is 24.5. The Kier molecular flexibility index (Phi) is 6.08. The maximum Gasteiger partial charge on any atom is 0.326 e. The highest BCUT2D eigenvalue weighted by Crippen LogP contribution is 2.30. The average molecular weight is 469 g/mol. The van der Waals surface area contributed by atoms with Crippen molar-refractivity contribution in [1.29, 1.82) is 0 Å². The predicted octanol–water partition coefficient (Wildman–Crippen LogP) is 5.07. The fraction of sp³-hybridized carbons (Fsp3) is 0.0833. The van der Waals surface area contributed by atoms with Crippen molar-refractivity contribution in [1.82, 2.24) is 9.88 Å². The fourth-order valence-corrected chi connectivity index (χ4v) is 4.08. The molecule has 6 nitrogen and oxygen atoms in total. The minimum Gasteiger partial charge on any atom is -0.494 e. The molecule has 8 heteroatoms. The molecule has 0 unspecified atom stereocenters. The monoisotopic (exact) mass is 468 g/mol. The molecule has 1 atom stereocenters. The lowest BCUT2D eigenvalue weighted by molar-refractivity contribution is -0.139. The van der Waals surface area contributed by atoms with Gasteiger partial charge in [-0.3, -0.25) is 9.36 Å². The standard InChI is InChI=1S/C24H18Cl2N2O4/c25-18-6-3-7-19(26)21(18)22(29)27-20(24(31)32)12-14-8-10-16(11-9-14)28-13-15-4-1-2-5-17(15)23(28)30/h1-11,13,20,30H,12H2,(H,27,29)(H,31,32)/t20-/m0/s1. The number of aromatic hydroxyl groups is 1. The van der Waals surface area contributed by atoms with E-state index in [0.29, 0.717) is 5.56 Å². The lowest BCUT2D eigenvalue weighted by Crippen LogP contribution is -2.42. The van der Waals surface area contributed by atoms with Crippen LogP contribution in [0.4, 0.5) is 0 Å². The summed E-state index contributed by atoms with van der Waals surface area (Å²) in [5.74, 6) is -1.71. The van der Waals surface area contributed by atoms with Crippen molar-refractivity contribution in [3.05, 3.63) is 94.1 Å². The third-order valence-electron chi connectivity index (χ3n) is 5.15. The van der Waals surface area contributed by atoms with Crippen LogP contribution in [0.5, 0.6) is 5.88 Å². The van der Waals surface area contributed by atoms with E-state index in [-0.39, 0.29) is 27.9 Å². The molecule has 32 heavy (non-hydrogen) atoms. The molecule has 0 saturated heterocycles. The fourth-order valence-electron chi connectivity index (χ4n) is 3.51. The molecule has 4 rings (SSSR count). The Morgan fingerprint density at radius 1 is 0.938 bits per heavy atom. The second kappa shape index (κ2) is 8.94. The van der Waals surface area contributed by atoms with E-state index in [4.69, 9.17) is 23.2 Å². The zero-order valence-electron chi connectivity index (χ0n) is 16.6. The molecule has 0 aliphatic heterocycles. The molecule has 0 bridgehead atoms. The number of aromatic nitrogens is 1. The number of halogens is 2. The molecule has 0 radical (unpaired) electrons. The molecule has 3 aromatic carbocycles. The minimum atomic E-state index is -1.18. The van der Waals surface area contributed by atoms with E-state index in [1.165, 1.54) is 12.1 Å². The van der Waals surface area contributed by atoms with Crippen LogP contribution in [0.2, 0.25) is 10.0 Å². The van der Waals surface area contributed by atoms with Crippen LogP contribution in [-0.2, 0) is 11.2 Å². The van der Waals surface area contributed by atoms with Crippen LogP contribution >= 0.6 is 23.2 Å². The topological polar surface area (TPSA) is 91.6 Å². The van der Waals surface area contributed by atoms with Gasteiger partial charge in [-0.15, -0.1) is 0 Å². The zero-order valence-corrected chi connectivity index (χ0v) is 18.1. The van der Waals surface area contributed by atoms with Crippen molar-refractivity contribution < 1.29 is 19.8 Å². The lowest BCUT2D eigenvalue weighted by atomic mass is 10.0. The second-order valence-electron chi connectivity index (χ2n) is 7.24. The number of carbonyl (C=O) groups is 2. The van der Waals surface area contributed by atoms with E-state index in [2.05, 4.69) is 5.32 Å². The van der Waals surface area contributed by atoms with Gasteiger partial charge in [0.05, 0.1) is 15.6 Å². The van der Waals surface area contributed by atoms with Gasteiger partial charge in [-0.1, -0.05) is 59.6 Å². The Morgan fingerprint density at radius 3 is 2.22 bits per heavy atom. The highest BCUT2D eigenvalue weighted by Gasteiger charge is 2.24. The minimum absolute atomic E-state index is 0.0348.